The van der Waals surface area contributed by atoms with Crippen molar-refractivity contribution in [2.75, 3.05) is 5.32 Å². The Balaban J connectivity index is 2.91. The first-order valence-electron chi connectivity index (χ1n) is 5.31. The summed E-state index contributed by atoms with van der Waals surface area (Å²) < 4.78 is 12.7. The van der Waals surface area contributed by atoms with Crippen molar-refractivity contribution in [3.8, 4) is 0 Å². The molecule has 0 bridgehead atoms. The highest BCUT2D eigenvalue weighted by Crippen LogP contribution is 2.22. The molecule has 16 heavy (non-hydrogen) atoms. The lowest BCUT2D eigenvalue weighted by Crippen LogP contribution is -2.45. The molecule has 4 heteroatoms. The van der Waals surface area contributed by atoms with Crippen molar-refractivity contribution in [3.63, 3.8) is 0 Å². The molecule has 3 nitrogen and oxygen atoms in total. The van der Waals surface area contributed by atoms with E-state index in [0.29, 0.717) is 18.5 Å². The smallest absolute Gasteiger partial charge is 0.329 e. The third kappa shape index (κ3) is 2.51. The van der Waals surface area contributed by atoms with Gasteiger partial charge in [-0.25, -0.2) is 9.18 Å². The molecule has 0 aliphatic heterocycles. The predicted molar refractivity (Wildman–Crippen MR) is 61.0 cm³/mol. The molecule has 0 amide bonds. The minimum absolute atomic E-state index is 0.334. The quantitative estimate of drug-likeness (QED) is 0.810. The largest absolute Gasteiger partial charge is 0.480 e. The van der Waals surface area contributed by atoms with E-state index in [0.717, 1.165) is 0 Å². The Kier molecular flexibility index (Phi) is 3.88. The number of carboxylic acid groups (broad SMARTS) is 1. The molecule has 1 rings (SSSR count). The number of rotatable bonds is 5. The number of aliphatic carboxylic acids is 1. The van der Waals surface area contributed by atoms with Crippen molar-refractivity contribution in [1.29, 1.82) is 0 Å². The van der Waals surface area contributed by atoms with Crippen LogP contribution in [0.25, 0.3) is 0 Å². The topological polar surface area (TPSA) is 49.3 Å². The first-order chi connectivity index (χ1) is 7.54. The van der Waals surface area contributed by atoms with Gasteiger partial charge < -0.3 is 10.4 Å². The third-order valence-electron chi connectivity index (χ3n) is 2.84. The van der Waals surface area contributed by atoms with Crippen LogP contribution in [0.4, 0.5) is 10.1 Å². The highest BCUT2D eigenvalue weighted by Gasteiger charge is 2.34. The van der Waals surface area contributed by atoms with Crippen molar-refractivity contribution >= 4 is 11.7 Å². The van der Waals surface area contributed by atoms with Gasteiger partial charge in [-0.1, -0.05) is 13.8 Å². The molecule has 0 unspecified atom stereocenters. The molecule has 88 valence electrons. The van der Waals surface area contributed by atoms with E-state index in [2.05, 4.69) is 5.32 Å². The summed E-state index contributed by atoms with van der Waals surface area (Å²) >= 11 is 0. The number of hydrogen-bond acceptors (Lipinski definition) is 2. The Bertz CT molecular complexity index is 358. The van der Waals surface area contributed by atoms with Crippen LogP contribution in [0.15, 0.2) is 24.3 Å². The summed E-state index contributed by atoms with van der Waals surface area (Å²) in [4.78, 5) is 11.2. The Morgan fingerprint density at radius 2 is 1.81 bits per heavy atom. The van der Waals surface area contributed by atoms with E-state index in [1.165, 1.54) is 12.1 Å². The molecule has 0 spiro atoms. The molecular formula is C12H16FNO2. The highest BCUT2D eigenvalue weighted by molar-refractivity contribution is 5.82. The third-order valence-corrected chi connectivity index (χ3v) is 2.84. The van der Waals surface area contributed by atoms with Gasteiger partial charge in [0.15, 0.2) is 0 Å². The molecule has 0 atom stereocenters. The number of hydrogen-bond donors (Lipinski definition) is 2. The second-order valence-corrected chi connectivity index (χ2v) is 3.73. The Hall–Kier alpha value is -1.58. The molecule has 2 N–H and O–H groups in total. The lowest BCUT2D eigenvalue weighted by atomic mass is 9.92. The molecule has 0 radical (unpaired) electrons. The van der Waals surface area contributed by atoms with Crippen LogP contribution in [0.2, 0.25) is 0 Å². The number of nitrogens with one attached hydrogen (secondary N) is 1. The van der Waals surface area contributed by atoms with Gasteiger partial charge in [-0.15, -0.1) is 0 Å². The minimum atomic E-state index is -0.974. The van der Waals surface area contributed by atoms with Gasteiger partial charge in [0, 0.05) is 5.69 Å². The van der Waals surface area contributed by atoms with Gasteiger partial charge in [0.2, 0.25) is 0 Å². The van der Waals surface area contributed by atoms with Crippen molar-refractivity contribution in [3.05, 3.63) is 30.1 Å². The SMILES string of the molecule is CCC(CC)(Nc1ccc(F)cc1)C(=O)O. The average molecular weight is 225 g/mol. The molecule has 0 aliphatic carbocycles. The fourth-order valence-corrected chi connectivity index (χ4v) is 1.59. The van der Waals surface area contributed by atoms with Crippen molar-refractivity contribution < 1.29 is 14.3 Å². The summed E-state index contributed by atoms with van der Waals surface area (Å²) in [6.07, 6.45) is 0.937. The van der Waals surface area contributed by atoms with Crippen LogP contribution < -0.4 is 5.32 Å². The lowest BCUT2D eigenvalue weighted by Gasteiger charge is -2.29. The monoisotopic (exact) mass is 225 g/mol. The number of halogens is 1. The van der Waals surface area contributed by atoms with Crippen LogP contribution in [0, 0.1) is 5.82 Å². The summed E-state index contributed by atoms with van der Waals surface area (Å²) in [5.74, 6) is -1.22. The molecule has 1 aromatic carbocycles. The molecule has 0 fully saturated rings. The lowest BCUT2D eigenvalue weighted by molar-refractivity contribution is -0.142. The van der Waals surface area contributed by atoms with Gasteiger partial charge in [-0.2, -0.15) is 0 Å². The summed E-state index contributed by atoms with van der Waals surface area (Å²) in [5, 5.41) is 12.2. The zero-order valence-corrected chi connectivity index (χ0v) is 9.46. The zero-order chi connectivity index (χ0) is 12.2. The fourth-order valence-electron chi connectivity index (χ4n) is 1.59. The van der Waals surface area contributed by atoms with Gasteiger partial charge in [-0.05, 0) is 37.1 Å². The van der Waals surface area contributed by atoms with Crippen LogP contribution in [0.3, 0.4) is 0 Å². The standard InChI is InChI=1S/C12H16FNO2/c1-3-12(4-2,11(15)16)14-10-7-5-9(13)6-8-10/h5-8,14H,3-4H2,1-2H3,(H,15,16). The Morgan fingerprint density at radius 1 is 1.31 bits per heavy atom. The van der Waals surface area contributed by atoms with E-state index in [1.807, 2.05) is 13.8 Å². The predicted octanol–water partition coefficient (Wildman–Crippen LogP) is 2.88. The van der Waals surface area contributed by atoms with Crippen LogP contribution in [0.1, 0.15) is 26.7 Å². The van der Waals surface area contributed by atoms with Gasteiger partial charge in [0.25, 0.3) is 0 Å². The van der Waals surface area contributed by atoms with Gasteiger partial charge >= 0.3 is 5.97 Å². The zero-order valence-electron chi connectivity index (χ0n) is 9.46. The highest BCUT2D eigenvalue weighted by atomic mass is 19.1. The number of carbonyl (C=O) groups is 1. The minimum Gasteiger partial charge on any atom is -0.480 e. The van der Waals surface area contributed by atoms with Crippen LogP contribution in [0.5, 0.6) is 0 Å². The summed E-state index contributed by atoms with van der Waals surface area (Å²) in [6.45, 7) is 3.63. The Morgan fingerprint density at radius 3 is 2.19 bits per heavy atom. The first kappa shape index (κ1) is 12.5. The number of carboxylic acids is 1. The molecule has 0 aromatic heterocycles. The molecule has 0 heterocycles. The number of anilines is 1. The van der Waals surface area contributed by atoms with E-state index in [-0.39, 0.29) is 5.82 Å². The van der Waals surface area contributed by atoms with E-state index >= 15 is 0 Å². The number of benzene rings is 1. The molecule has 1 aromatic rings. The average Bonchev–Trinajstić information content (AvgIpc) is 2.28. The summed E-state index contributed by atoms with van der Waals surface area (Å²) in [7, 11) is 0. The molecule has 0 saturated heterocycles. The molecular weight excluding hydrogens is 209 g/mol. The van der Waals surface area contributed by atoms with Crippen molar-refractivity contribution in [2.45, 2.75) is 32.2 Å². The molecule has 0 saturated carbocycles. The maximum Gasteiger partial charge on any atom is 0.329 e. The van der Waals surface area contributed by atoms with Gasteiger partial charge in [0.1, 0.15) is 11.4 Å². The van der Waals surface area contributed by atoms with E-state index < -0.39 is 11.5 Å². The second kappa shape index (κ2) is 4.96. The van der Waals surface area contributed by atoms with E-state index in [9.17, 15) is 14.3 Å². The van der Waals surface area contributed by atoms with Crippen LogP contribution in [-0.2, 0) is 4.79 Å². The fraction of sp³-hybridized carbons (Fsp3) is 0.417. The molecule has 0 aliphatic rings. The van der Waals surface area contributed by atoms with Crippen molar-refractivity contribution in [1.82, 2.24) is 0 Å². The maximum absolute atomic E-state index is 12.7. The van der Waals surface area contributed by atoms with Crippen molar-refractivity contribution in [2.24, 2.45) is 0 Å². The summed E-state index contributed by atoms with van der Waals surface area (Å²) in [5.41, 5.74) is -0.356. The van der Waals surface area contributed by atoms with Gasteiger partial charge in [0.05, 0.1) is 0 Å². The first-order valence-corrected chi connectivity index (χ1v) is 5.31. The summed E-state index contributed by atoms with van der Waals surface area (Å²) in [6, 6.07) is 5.69. The maximum atomic E-state index is 12.7. The van der Waals surface area contributed by atoms with E-state index in [1.54, 1.807) is 12.1 Å². The van der Waals surface area contributed by atoms with Gasteiger partial charge in [-0.3, -0.25) is 0 Å². The Labute approximate surface area is 94.3 Å². The normalized spacial score (nSPS) is 11.2. The van der Waals surface area contributed by atoms with E-state index in [4.69, 9.17) is 0 Å². The van der Waals surface area contributed by atoms with Crippen LogP contribution >= 0.6 is 0 Å². The second-order valence-electron chi connectivity index (χ2n) is 3.73. The van der Waals surface area contributed by atoms with Crippen LogP contribution in [-0.4, -0.2) is 16.6 Å².